The molecule has 0 amide bonds. The van der Waals surface area contributed by atoms with E-state index in [0.717, 1.165) is 23.8 Å². The van der Waals surface area contributed by atoms with Crippen molar-refractivity contribution in [2.24, 2.45) is 5.92 Å². The summed E-state index contributed by atoms with van der Waals surface area (Å²) in [5.74, 6) is 1.95. The molecular formula is C16H21NO. The number of rotatable bonds is 2. The maximum atomic E-state index is 6.07. The minimum Gasteiger partial charge on any atom is -0.459 e. The predicted molar refractivity (Wildman–Crippen MR) is 74.7 cm³/mol. The third kappa shape index (κ3) is 2.05. The summed E-state index contributed by atoms with van der Waals surface area (Å²) in [4.78, 5) is 0. The van der Waals surface area contributed by atoms with Crippen LogP contribution in [0.25, 0.3) is 11.0 Å². The van der Waals surface area contributed by atoms with Gasteiger partial charge in [-0.2, -0.15) is 0 Å². The number of aryl methyl sites for hydroxylation is 1. The van der Waals surface area contributed by atoms with Crippen molar-refractivity contribution >= 4 is 11.0 Å². The largest absolute Gasteiger partial charge is 0.459 e. The Morgan fingerprint density at radius 2 is 2.28 bits per heavy atom. The van der Waals surface area contributed by atoms with E-state index in [-0.39, 0.29) is 0 Å². The van der Waals surface area contributed by atoms with Crippen LogP contribution in [0.2, 0.25) is 0 Å². The Kier molecular flexibility index (Phi) is 3.13. The zero-order valence-corrected chi connectivity index (χ0v) is 11.2. The van der Waals surface area contributed by atoms with Crippen LogP contribution in [0.4, 0.5) is 0 Å². The van der Waals surface area contributed by atoms with E-state index >= 15 is 0 Å². The molecule has 2 aromatic rings. The molecule has 0 saturated carbocycles. The van der Waals surface area contributed by atoms with Crippen LogP contribution in [0.5, 0.6) is 0 Å². The van der Waals surface area contributed by atoms with Gasteiger partial charge in [-0.1, -0.05) is 31.5 Å². The van der Waals surface area contributed by atoms with Gasteiger partial charge in [-0.3, -0.25) is 0 Å². The number of piperidine rings is 1. The molecule has 0 bridgehead atoms. The summed E-state index contributed by atoms with van der Waals surface area (Å²) >= 11 is 0. The van der Waals surface area contributed by atoms with Gasteiger partial charge in [0.1, 0.15) is 11.3 Å². The van der Waals surface area contributed by atoms with Gasteiger partial charge >= 0.3 is 0 Å². The number of para-hydroxylation sites is 1. The molecule has 96 valence electrons. The molecule has 2 nitrogen and oxygen atoms in total. The molecule has 0 spiro atoms. The molecule has 2 heterocycles. The summed E-state index contributed by atoms with van der Waals surface area (Å²) in [5, 5.41) is 4.81. The van der Waals surface area contributed by atoms with Crippen LogP contribution in [0.15, 0.2) is 28.7 Å². The van der Waals surface area contributed by atoms with E-state index in [4.69, 9.17) is 4.42 Å². The molecule has 3 rings (SSSR count). The lowest BCUT2D eigenvalue weighted by molar-refractivity contribution is 0.274. The van der Waals surface area contributed by atoms with E-state index in [1.807, 2.05) is 0 Å². The predicted octanol–water partition coefficient (Wildman–Crippen LogP) is 4.19. The van der Waals surface area contributed by atoms with E-state index in [9.17, 15) is 0 Å². The van der Waals surface area contributed by atoms with Crippen molar-refractivity contribution in [3.8, 4) is 0 Å². The highest BCUT2D eigenvalue weighted by molar-refractivity contribution is 5.81. The monoisotopic (exact) mass is 243 g/mol. The summed E-state index contributed by atoms with van der Waals surface area (Å²) in [6, 6.07) is 8.95. The number of fused-ring (bicyclic) bond motifs is 1. The van der Waals surface area contributed by atoms with Crippen LogP contribution in [0.1, 0.15) is 43.6 Å². The van der Waals surface area contributed by atoms with Crippen LogP contribution in [-0.2, 0) is 0 Å². The fourth-order valence-electron chi connectivity index (χ4n) is 2.98. The third-order valence-electron chi connectivity index (χ3n) is 4.19. The van der Waals surface area contributed by atoms with Crippen LogP contribution < -0.4 is 5.32 Å². The molecule has 18 heavy (non-hydrogen) atoms. The van der Waals surface area contributed by atoms with E-state index in [2.05, 4.69) is 43.4 Å². The Labute approximate surface area is 108 Å². The summed E-state index contributed by atoms with van der Waals surface area (Å²) in [6.07, 6.45) is 3.78. The Bertz CT molecular complexity index is 543. The molecule has 1 aromatic carbocycles. The second-order valence-electron chi connectivity index (χ2n) is 5.45. The Morgan fingerprint density at radius 3 is 3.06 bits per heavy atom. The van der Waals surface area contributed by atoms with E-state index in [1.165, 1.54) is 30.2 Å². The quantitative estimate of drug-likeness (QED) is 0.855. The minimum atomic E-state index is 0.399. The van der Waals surface area contributed by atoms with Gasteiger partial charge in [0.2, 0.25) is 0 Å². The number of furan rings is 1. The van der Waals surface area contributed by atoms with Gasteiger partial charge < -0.3 is 9.73 Å². The maximum Gasteiger partial charge on any atom is 0.137 e. The Balaban J connectivity index is 1.92. The van der Waals surface area contributed by atoms with Crippen LogP contribution in [0.3, 0.4) is 0 Å². The highest BCUT2D eigenvalue weighted by Crippen LogP contribution is 2.33. The average molecular weight is 243 g/mol. The lowest BCUT2D eigenvalue weighted by Gasteiger charge is -2.28. The van der Waals surface area contributed by atoms with E-state index < -0.39 is 0 Å². The lowest BCUT2D eigenvalue weighted by Crippen LogP contribution is -2.31. The van der Waals surface area contributed by atoms with Gasteiger partial charge in [0.25, 0.3) is 0 Å². The summed E-state index contributed by atoms with van der Waals surface area (Å²) in [5.41, 5.74) is 2.27. The van der Waals surface area contributed by atoms with Crippen molar-refractivity contribution < 1.29 is 4.42 Å². The molecule has 2 unspecified atom stereocenters. The normalized spacial score (nSPS) is 24.6. The van der Waals surface area contributed by atoms with E-state index in [0.29, 0.717) is 6.04 Å². The Morgan fingerprint density at radius 1 is 1.39 bits per heavy atom. The van der Waals surface area contributed by atoms with Crippen LogP contribution >= 0.6 is 0 Å². The van der Waals surface area contributed by atoms with Gasteiger partial charge in [-0.05, 0) is 43.9 Å². The zero-order valence-electron chi connectivity index (χ0n) is 11.2. The van der Waals surface area contributed by atoms with Gasteiger partial charge in [0, 0.05) is 5.39 Å². The molecule has 1 aliphatic rings. The van der Waals surface area contributed by atoms with Crippen molar-refractivity contribution in [2.75, 3.05) is 6.54 Å². The molecule has 1 saturated heterocycles. The summed E-state index contributed by atoms with van der Waals surface area (Å²) in [6.45, 7) is 5.51. The van der Waals surface area contributed by atoms with Crippen molar-refractivity contribution in [2.45, 2.75) is 39.2 Å². The van der Waals surface area contributed by atoms with Gasteiger partial charge in [0.05, 0.1) is 6.04 Å². The van der Waals surface area contributed by atoms with Crippen molar-refractivity contribution in [3.63, 3.8) is 0 Å². The first-order valence-electron chi connectivity index (χ1n) is 7.00. The third-order valence-corrected chi connectivity index (χ3v) is 4.19. The fourth-order valence-corrected chi connectivity index (χ4v) is 2.98. The topological polar surface area (TPSA) is 25.2 Å². The number of nitrogens with one attached hydrogen (secondary N) is 1. The second-order valence-corrected chi connectivity index (χ2v) is 5.45. The molecule has 1 N–H and O–H groups in total. The first-order chi connectivity index (χ1) is 8.78. The second kappa shape index (κ2) is 4.77. The number of hydrogen-bond acceptors (Lipinski definition) is 2. The van der Waals surface area contributed by atoms with Crippen molar-refractivity contribution in [3.05, 3.63) is 35.6 Å². The molecular weight excluding hydrogens is 222 g/mol. The number of hydrogen-bond donors (Lipinski definition) is 1. The SMILES string of the molecule is CCC1CCNC(c2cc3cccc(C)c3o2)C1. The lowest BCUT2D eigenvalue weighted by atomic mass is 9.89. The first kappa shape index (κ1) is 11.8. The Hall–Kier alpha value is -1.28. The average Bonchev–Trinajstić information content (AvgIpc) is 2.84. The molecule has 1 aromatic heterocycles. The summed E-state index contributed by atoms with van der Waals surface area (Å²) < 4.78 is 6.07. The number of benzene rings is 1. The standard InChI is InChI=1S/C16H21NO/c1-3-12-7-8-17-14(9-12)15-10-13-6-4-5-11(2)16(13)18-15/h4-6,10,12,14,17H,3,7-9H2,1-2H3. The highest BCUT2D eigenvalue weighted by Gasteiger charge is 2.24. The smallest absolute Gasteiger partial charge is 0.137 e. The minimum absolute atomic E-state index is 0.399. The molecule has 2 atom stereocenters. The molecule has 2 heteroatoms. The van der Waals surface area contributed by atoms with E-state index in [1.54, 1.807) is 0 Å². The van der Waals surface area contributed by atoms with Gasteiger partial charge in [0.15, 0.2) is 0 Å². The van der Waals surface area contributed by atoms with Crippen molar-refractivity contribution in [1.82, 2.24) is 5.32 Å². The molecule has 1 fully saturated rings. The van der Waals surface area contributed by atoms with Crippen LogP contribution in [0, 0.1) is 12.8 Å². The molecule has 0 radical (unpaired) electrons. The first-order valence-corrected chi connectivity index (χ1v) is 7.00. The summed E-state index contributed by atoms with van der Waals surface area (Å²) in [7, 11) is 0. The van der Waals surface area contributed by atoms with Crippen molar-refractivity contribution in [1.29, 1.82) is 0 Å². The van der Waals surface area contributed by atoms with Gasteiger partial charge in [-0.25, -0.2) is 0 Å². The maximum absolute atomic E-state index is 6.07. The van der Waals surface area contributed by atoms with Gasteiger partial charge in [-0.15, -0.1) is 0 Å². The fraction of sp³-hybridized carbons (Fsp3) is 0.500. The van der Waals surface area contributed by atoms with Crippen LogP contribution in [-0.4, -0.2) is 6.54 Å². The molecule has 0 aliphatic carbocycles. The molecule has 1 aliphatic heterocycles. The highest BCUT2D eigenvalue weighted by atomic mass is 16.3. The zero-order chi connectivity index (χ0) is 12.5.